The van der Waals surface area contributed by atoms with Crippen molar-refractivity contribution in [3.63, 3.8) is 0 Å². The lowest BCUT2D eigenvalue weighted by molar-refractivity contribution is -0.122. The molecule has 1 aromatic carbocycles. The molecule has 0 saturated carbocycles. The summed E-state index contributed by atoms with van der Waals surface area (Å²) >= 11 is 1.68. The van der Waals surface area contributed by atoms with Crippen LogP contribution in [0.25, 0.3) is 11.0 Å². The van der Waals surface area contributed by atoms with Gasteiger partial charge in [0.15, 0.2) is 0 Å². The van der Waals surface area contributed by atoms with Gasteiger partial charge in [-0.05, 0) is 29.5 Å². The van der Waals surface area contributed by atoms with Gasteiger partial charge in [-0.15, -0.1) is 11.3 Å². The van der Waals surface area contributed by atoms with Gasteiger partial charge < -0.3 is 9.88 Å². The summed E-state index contributed by atoms with van der Waals surface area (Å²) in [6.07, 6.45) is 1.72. The molecule has 0 aliphatic rings. The van der Waals surface area contributed by atoms with Gasteiger partial charge in [0.1, 0.15) is 6.54 Å². The largest absolute Gasteiger partial charge is 0.347 e. The summed E-state index contributed by atoms with van der Waals surface area (Å²) in [4.78, 5) is 17.9. The average molecular weight is 313 g/mol. The number of amides is 1. The predicted octanol–water partition coefficient (Wildman–Crippen LogP) is 3.61. The molecule has 0 spiro atoms. The third-order valence-electron chi connectivity index (χ3n) is 3.67. The molecule has 1 N–H and O–H groups in total. The SMILES string of the molecule is CC(C)C(NC(=O)Cn1cnc2ccccc21)c1cccs1. The second kappa shape index (κ2) is 6.32. The first kappa shape index (κ1) is 14.8. The van der Waals surface area contributed by atoms with Crippen LogP contribution < -0.4 is 5.32 Å². The number of nitrogens with zero attached hydrogens (tertiary/aromatic N) is 2. The average Bonchev–Trinajstić information content (AvgIpc) is 3.15. The number of carbonyl (C=O) groups excluding carboxylic acids is 1. The van der Waals surface area contributed by atoms with Gasteiger partial charge in [-0.3, -0.25) is 4.79 Å². The molecular formula is C17H19N3OS. The molecule has 0 aliphatic heterocycles. The normalized spacial score (nSPS) is 12.7. The summed E-state index contributed by atoms with van der Waals surface area (Å²) < 4.78 is 1.89. The van der Waals surface area contributed by atoms with Gasteiger partial charge in [-0.25, -0.2) is 4.98 Å². The first-order valence-corrected chi connectivity index (χ1v) is 8.26. The molecule has 2 aromatic heterocycles. The van der Waals surface area contributed by atoms with Crippen molar-refractivity contribution in [3.05, 3.63) is 53.0 Å². The molecule has 0 aliphatic carbocycles. The standard InChI is InChI=1S/C17H19N3OS/c1-12(2)17(15-8-5-9-22-15)19-16(21)10-20-11-18-13-6-3-4-7-14(13)20/h3-9,11-12,17H,10H2,1-2H3,(H,19,21). The molecule has 22 heavy (non-hydrogen) atoms. The molecule has 0 radical (unpaired) electrons. The number of thiophene rings is 1. The van der Waals surface area contributed by atoms with Gasteiger partial charge in [0.2, 0.25) is 5.91 Å². The van der Waals surface area contributed by atoms with Crippen LogP contribution in [0.5, 0.6) is 0 Å². The van der Waals surface area contributed by atoms with Crippen LogP contribution in [0.15, 0.2) is 48.1 Å². The highest BCUT2D eigenvalue weighted by Gasteiger charge is 2.19. The second-order valence-corrected chi connectivity index (χ2v) is 6.65. The number of hydrogen-bond donors (Lipinski definition) is 1. The van der Waals surface area contributed by atoms with E-state index in [4.69, 9.17) is 0 Å². The lowest BCUT2D eigenvalue weighted by Crippen LogP contribution is -2.33. The van der Waals surface area contributed by atoms with Crippen LogP contribution in [0.1, 0.15) is 24.8 Å². The lowest BCUT2D eigenvalue weighted by Gasteiger charge is -2.21. The Kier molecular flexibility index (Phi) is 4.24. The van der Waals surface area contributed by atoms with Crippen molar-refractivity contribution in [2.75, 3.05) is 0 Å². The van der Waals surface area contributed by atoms with E-state index in [-0.39, 0.29) is 18.5 Å². The quantitative estimate of drug-likeness (QED) is 0.782. The van der Waals surface area contributed by atoms with E-state index in [1.54, 1.807) is 17.7 Å². The van der Waals surface area contributed by atoms with Crippen molar-refractivity contribution in [2.24, 2.45) is 5.92 Å². The molecule has 114 valence electrons. The summed E-state index contributed by atoms with van der Waals surface area (Å²) in [6.45, 7) is 4.53. The van der Waals surface area contributed by atoms with Crippen molar-refractivity contribution in [2.45, 2.75) is 26.4 Å². The first-order valence-electron chi connectivity index (χ1n) is 7.38. The van der Waals surface area contributed by atoms with Crippen LogP contribution in [-0.2, 0) is 11.3 Å². The smallest absolute Gasteiger partial charge is 0.240 e. The summed E-state index contributed by atoms with van der Waals surface area (Å²) in [5.41, 5.74) is 1.89. The Balaban J connectivity index is 1.74. The van der Waals surface area contributed by atoms with E-state index < -0.39 is 0 Å². The summed E-state index contributed by atoms with van der Waals surface area (Å²) in [6, 6.07) is 12.0. The molecule has 3 aromatic rings. The van der Waals surface area contributed by atoms with E-state index in [0.717, 1.165) is 11.0 Å². The maximum absolute atomic E-state index is 12.4. The number of hydrogen-bond acceptors (Lipinski definition) is 3. The molecular weight excluding hydrogens is 294 g/mol. The number of benzene rings is 1. The van der Waals surface area contributed by atoms with Crippen LogP contribution in [0.2, 0.25) is 0 Å². The maximum atomic E-state index is 12.4. The van der Waals surface area contributed by atoms with E-state index in [1.165, 1.54) is 4.88 Å². The van der Waals surface area contributed by atoms with Crippen molar-refractivity contribution in [3.8, 4) is 0 Å². The molecule has 0 saturated heterocycles. The lowest BCUT2D eigenvalue weighted by atomic mass is 10.0. The molecule has 1 amide bonds. The monoisotopic (exact) mass is 313 g/mol. The third kappa shape index (κ3) is 3.04. The minimum absolute atomic E-state index is 0.00949. The van der Waals surface area contributed by atoms with Crippen LogP contribution in [0, 0.1) is 5.92 Å². The van der Waals surface area contributed by atoms with Crippen molar-refractivity contribution >= 4 is 28.3 Å². The maximum Gasteiger partial charge on any atom is 0.240 e. The highest BCUT2D eigenvalue weighted by Crippen LogP contribution is 2.25. The van der Waals surface area contributed by atoms with Crippen molar-refractivity contribution in [1.82, 2.24) is 14.9 Å². The van der Waals surface area contributed by atoms with Crippen LogP contribution >= 0.6 is 11.3 Å². The fraction of sp³-hybridized carbons (Fsp3) is 0.294. The molecule has 3 rings (SSSR count). The Labute approximate surface area is 133 Å². The molecule has 4 nitrogen and oxygen atoms in total. The second-order valence-electron chi connectivity index (χ2n) is 5.67. The summed E-state index contributed by atoms with van der Waals surface area (Å²) in [7, 11) is 0. The number of fused-ring (bicyclic) bond motifs is 1. The zero-order chi connectivity index (χ0) is 15.5. The third-order valence-corrected chi connectivity index (χ3v) is 4.63. The Morgan fingerprint density at radius 2 is 2.09 bits per heavy atom. The summed E-state index contributed by atoms with van der Waals surface area (Å²) in [5, 5.41) is 5.19. The van der Waals surface area contributed by atoms with E-state index in [2.05, 4.69) is 30.2 Å². The van der Waals surface area contributed by atoms with Crippen LogP contribution in [-0.4, -0.2) is 15.5 Å². The Hall–Kier alpha value is -2.14. The summed E-state index contributed by atoms with van der Waals surface area (Å²) in [5.74, 6) is 0.359. The molecule has 2 heterocycles. The number of aromatic nitrogens is 2. The van der Waals surface area contributed by atoms with Crippen molar-refractivity contribution < 1.29 is 4.79 Å². The van der Waals surface area contributed by atoms with Crippen LogP contribution in [0.3, 0.4) is 0 Å². The number of carbonyl (C=O) groups is 1. The Bertz CT molecular complexity index is 761. The van der Waals surface area contributed by atoms with Gasteiger partial charge >= 0.3 is 0 Å². The van der Waals surface area contributed by atoms with Gasteiger partial charge in [0, 0.05) is 4.88 Å². The minimum Gasteiger partial charge on any atom is -0.347 e. The van der Waals surface area contributed by atoms with Crippen molar-refractivity contribution in [1.29, 1.82) is 0 Å². The topological polar surface area (TPSA) is 46.9 Å². The van der Waals surface area contributed by atoms with Gasteiger partial charge in [-0.1, -0.05) is 32.0 Å². The minimum atomic E-state index is 0.00949. The molecule has 1 unspecified atom stereocenters. The van der Waals surface area contributed by atoms with Gasteiger partial charge in [0.25, 0.3) is 0 Å². The van der Waals surface area contributed by atoms with E-state index >= 15 is 0 Å². The number of nitrogens with one attached hydrogen (secondary N) is 1. The molecule has 0 bridgehead atoms. The van der Waals surface area contributed by atoms with E-state index in [1.807, 2.05) is 40.3 Å². The molecule has 0 fully saturated rings. The zero-order valence-electron chi connectivity index (χ0n) is 12.7. The fourth-order valence-electron chi connectivity index (χ4n) is 2.54. The first-order chi connectivity index (χ1) is 10.6. The Morgan fingerprint density at radius 3 is 2.82 bits per heavy atom. The van der Waals surface area contributed by atoms with Gasteiger partial charge in [-0.2, -0.15) is 0 Å². The zero-order valence-corrected chi connectivity index (χ0v) is 13.5. The Morgan fingerprint density at radius 1 is 1.27 bits per heavy atom. The van der Waals surface area contributed by atoms with Crippen LogP contribution in [0.4, 0.5) is 0 Å². The number of para-hydroxylation sites is 2. The highest BCUT2D eigenvalue weighted by molar-refractivity contribution is 7.10. The van der Waals surface area contributed by atoms with E-state index in [0.29, 0.717) is 5.92 Å². The van der Waals surface area contributed by atoms with E-state index in [9.17, 15) is 4.79 Å². The fourth-order valence-corrected chi connectivity index (χ4v) is 3.49. The van der Waals surface area contributed by atoms with Gasteiger partial charge in [0.05, 0.1) is 23.4 Å². The number of imidazole rings is 1. The highest BCUT2D eigenvalue weighted by atomic mass is 32.1. The molecule has 1 atom stereocenters. The predicted molar refractivity (Wildman–Crippen MR) is 89.8 cm³/mol. The molecule has 5 heteroatoms. The number of rotatable bonds is 5.